The Morgan fingerprint density at radius 3 is 1.94 bits per heavy atom. The molecule has 0 heterocycles. The zero-order chi connectivity index (χ0) is 33.2. The molecule has 240 valence electrons. The van der Waals surface area contributed by atoms with Gasteiger partial charge in [-0.2, -0.15) is 0 Å². The van der Waals surface area contributed by atoms with Gasteiger partial charge in [0.15, 0.2) is 0 Å². The highest BCUT2D eigenvalue weighted by molar-refractivity contribution is 5.98. The van der Waals surface area contributed by atoms with E-state index in [4.69, 9.17) is 5.73 Å². The first-order valence-electron chi connectivity index (χ1n) is 16.0. The fraction of sp³-hybridized carbons (Fsp3) is 0.225. The molecule has 0 spiro atoms. The normalized spacial score (nSPS) is 12.2. The van der Waals surface area contributed by atoms with Crippen molar-refractivity contribution in [2.45, 2.75) is 37.9 Å². The van der Waals surface area contributed by atoms with Gasteiger partial charge in [0.25, 0.3) is 5.91 Å². The van der Waals surface area contributed by atoms with Gasteiger partial charge in [0, 0.05) is 45.6 Å². The molecule has 1 unspecified atom stereocenters. The highest BCUT2D eigenvalue weighted by Crippen LogP contribution is 2.21. The van der Waals surface area contributed by atoms with Crippen LogP contribution in [0.15, 0.2) is 127 Å². The summed E-state index contributed by atoms with van der Waals surface area (Å²) in [6.07, 6.45) is 1.28. The molecule has 5 rings (SSSR count). The molecule has 0 radical (unpaired) electrons. The standard InChI is InChI=1S/C40H42N4O3/c1-43(36(26-30-14-7-4-8-15-30)38(45)42-23-22-29-12-5-3-6-13-29)40(47)37(27-31-20-21-33-17-9-10-18-34(33)24-31)44(2)39(46)35-19-11-16-32(25-35)28-41/h3-21,24-25,36-37H,22-23,26-28,41H2,1-2H3,(H,42,45)/t36?,37-/m1/s1. The quantitative estimate of drug-likeness (QED) is 0.183. The van der Waals surface area contributed by atoms with E-state index in [0.717, 1.165) is 33.0 Å². The SMILES string of the molecule is CN(C(=O)[C@@H](Cc1ccc2ccccc2c1)N(C)C(=O)c1cccc(CN)c1)C(Cc1ccccc1)C(=O)NCCc1ccccc1. The number of benzene rings is 5. The molecule has 0 aliphatic heterocycles. The second-order valence-corrected chi connectivity index (χ2v) is 11.9. The lowest BCUT2D eigenvalue weighted by Gasteiger charge is -2.35. The summed E-state index contributed by atoms with van der Waals surface area (Å²) < 4.78 is 0. The second kappa shape index (κ2) is 15.8. The van der Waals surface area contributed by atoms with Crippen molar-refractivity contribution in [3.63, 3.8) is 0 Å². The number of likely N-dealkylation sites (N-methyl/N-ethyl adjacent to an activating group) is 2. The molecular weight excluding hydrogens is 584 g/mol. The van der Waals surface area contributed by atoms with E-state index in [1.807, 2.05) is 103 Å². The van der Waals surface area contributed by atoms with Crippen LogP contribution in [0.3, 0.4) is 0 Å². The Hall–Kier alpha value is -5.27. The van der Waals surface area contributed by atoms with E-state index in [1.54, 1.807) is 32.3 Å². The summed E-state index contributed by atoms with van der Waals surface area (Å²) in [5.41, 5.74) is 10.1. The van der Waals surface area contributed by atoms with Crippen molar-refractivity contribution in [1.82, 2.24) is 15.1 Å². The van der Waals surface area contributed by atoms with Crippen LogP contribution in [-0.2, 0) is 35.4 Å². The van der Waals surface area contributed by atoms with Crippen LogP contribution in [0, 0.1) is 0 Å². The van der Waals surface area contributed by atoms with Gasteiger partial charge >= 0.3 is 0 Å². The number of nitrogens with two attached hydrogens (primary N) is 1. The number of carbonyl (C=O) groups is 3. The summed E-state index contributed by atoms with van der Waals surface area (Å²) >= 11 is 0. The number of nitrogens with one attached hydrogen (secondary N) is 1. The third-order valence-corrected chi connectivity index (χ3v) is 8.67. The maximum atomic E-state index is 14.6. The van der Waals surface area contributed by atoms with E-state index in [-0.39, 0.29) is 24.1 Å². The van der Waals surface area contributed by atoms with E-state index < -0.39 is 12.1 Å². The van der Waals surface area contributed by atoms with E-state index in [1.165, 1.54) is 9.80 Å². The third kappa shape index (κ3) is 8.51. The van der Waals surface area contributed by atoms with Crippen molar-refractivity contribution in [3.8, 4) is 0 Å². The number of nitrogens with zero attached hydrogens (tertiary/aromatic N) is 2. The Labute approximate surface area is 277 Å². The molecule has 5 aromatic rings. The van der Waals surface area contributed by atoms with Gasteiger partial charge in [0.1, 0.15) is 12.1 Å². The van der Waals surface area contributed by atoms with Crippen LogP contribution >= 0.6 is 0 Å². The van der Waals surface area contributed by atoms with Crippen molar-refractivity contribution < 1.29 is 14.4 Å². The topological polar surface area (TPSA) is 95.7 Å². The third-order valence-electron chi connectivity index (χ3n) is 8.67. The maximum Gasteiger partial charge on any atom is 0.254 e. The van der Waals surface area contributed by atoms with Crippen LogP contribution in [0.1, 0.15) is 32.6 Å². The molecule has 0 saturated carbocycles. The van der Waals surface area contributed by atoms with E-state index >= 15 is 0 Å². The number of hydrogen-bond acceptors (Lipinski definition) is 4. The molecule has 7 heteroatoms. The molecule has 0 aromatic heterocycles. The van der Waals surface area contributed by atoms with Gasteiger partial charge in [-0.1, -0.05) is 115 Å². The van der Waals surface area contributed by atoms with Gasteiger partial charge < -0.3 is 20.9 Å². The van der Waals surface area contributed by atoms with Gasteiger partial charge in [0.2, 0.25) is 11.8 Å². The molecule has 0 saturated heterocycles. The molecule has 2 atom stereocenters. The molecular formula is C40H42N4O3. The largest absolute Gasteiger partial charge is 0.354 e. The zero-order valence-electron chi connectivity index (χ0n) is 27.0. The summed E-state index contributed by atoms with van der Waals surface area (Å²) in [4.78, 5) is 45.3. The first-order valence-corrected chi connectivity index (χ1v) is 16.0. The van der Waals surface area contributed by atoms with Crippen LogP contribution in [0.5, 0.6) is 0 Å². The molecule has 7 nitrogen and oxygen atoms in total. The molecule has 0 aliphatic rings. The van der Waals surface area contributed by atoms with Crippen LogP contribution in [0.25, 0.3) is 10.8 Å². The van der Waals surface area contributed by atoms with Crippen LogP contribution in [0.4, 0.5) is 0 Å². The van der Waals surface area contributed by atoms with Crippen LogP contribution in [-0.4, -0.2) is 60.2 Å². The second-order valence-electron chi connectivity index (χ2n) is 11.9. The fourth-order valence-electron chi connectivity index (χ4n) is 5.88. The van der Waals surface area contributed by atoms with Crippen molar-refractivity contribution in [2.75, 3.05) is 20.6 Å². The summed E-state index contributed by atoms with van der Waals surface area (Å²) in [6, 6.07) is 39.3. The lowest BCUT2D eigenvalue weighted by Crippen LogP contribution is -2.56. The number of rotatable bonds is 13. The van der Waals surface area contributed by atoms with Gasteiger partial charge in [-0.25, -0.2) is 0 Å². The van der Waals surface area contributed by atoms with E-state index in [2.05, 4.69) is 11.4 Å². The average molecular weight is 627 g/mol. The highest BCUT2D eigenvalue weighted by Gasteiger charge is 2.35. The number of fused-ring (bicyclic) bond motifs is 1. The van der Waals surface area contributed by atoms with Gasteiger partial charge in [-0.05, 0) is 51.6 Å². The first-order chi connectivity index (χ1) is 22.8. The smallest absolute Gasteiger partial charge is 0.254 e. The minimum Gasteiger partial charge on any atom is -0.354 e. The highest BCUT2D eigenvalue weighted by atomic mass is 16.2. The summed E-state index contributed by atoms with van der Waals surface area (Å²) in [5.74, 6) is -0.849. The Balaban J connectivity index is 1.44. The summed E-state index contributed by atoms with van der Waals surface area (Å²) in [6.45, 7) is 0.736. The number of amides is 3. The van der Waals surface area contributed by atoms with Gasteiger partial charge in [-0.3, -0.25) is 14.4 Å². The Morgan fingerprint density at radius 1 is 0.617 bits per heavy atom. The molecule has 0 bridgehead atoms. The van der Waals surface area contributed by atoms with Crippen molar-refractivity contribution in [1.29, 1.82) is 0 Å². The number of carbonyl (C=O) groups excluding carboxylic acids is 3. The minimum atomic E-state index is -0.870. The predicted molar refractivity (Wildman–Crippen MR) is 188 cm³/mol. The molecule has 0 fully saturated rings. The molecule has 0 aliphatic carbocycles. The minimum absolute atomic E-state index is 0.241. The lowest BCUT2D eigenvalue weighted by atomic mass is 9.98. The van der Waals surface area contributed by atoms with E-state index in [0.29, 0.717) is 31.5 Å². The van der Waals surface area contributed by atoms with Crippen molar-refractivity contribution >= 4 is 28.5 Å². The van der Waals surface area contributed by atoms with E-state index in [9.17, 15) is 14.4 Å². The van der Waals surface area contributed by atoms with Crippen molar-refractivity contribution in [2.24, 2.45) is 5.73 Å². The Bertz CT molecular complexity index is 1810. The first kappa shape index (κ1) is 33.1. The number of hydrogen-bond donors (Lipinski definition) is 2. The summed E-state index contributed by atoms with van der Waals surface area (Å²) in [7, 11) is 3.31. The molecule has 3 N–H and O–H groups in total. The Kier molecular flexibility index (Phi) is 11.1. The Morgan fingerprint density at radius 2 is 1.23 bits per heavy atom. The maximum absolute atomic E-state index is 14.6. The lowest BCUT2D eigenvalue weighted by molar-refractivity contribution is -0.142. The monoisotopic (exact) mass is 626 g/mol. The molecule has 47 heavy (non-hydrogen) atoms. The predicted octanol–water partition coefficient (Wildman–Crippen LogP) is 5.41. The van der Waals surface area contributed by atoms with Crippen molar-refractivity contribution in [3.05, 3.63) is 155 Å². The summed E-state index contributed by atoms with van der Waals surface area (Å²) in [5, 5.41) is 5.20. The molecule has 3 amide bonds. The van der Waals surface area contributed by atoms with Crippen LogP contribution in [0.2, 0.25) is 0 Å². The van der Waals surface area contributed by atoms with Gasteiger partial charge in [-0.15, -0.1) is 0 Å². The molecule has 5 aromatic carbocycles. The zero-order valence-corrected chi connectivity index (χ0v) is 27.0. The van der Waals surface area contributed by atoms with Gasteiger partial charge in [0.05, 0.1) is 0 Å². The average Bonchev–Trinajstić information content (AvgIpc) is 3.12. The fourth-order valence-corrected chi connectivity index (χ4v) is 5.88. The van der Waals surface area contributed by atoms with Crippen LogP contribution < -0.4 is 11.1 Å².